The molecule has 1 aromatic rings. The fourth-order valence-corrected chi connectivity index (χ4v) is 4.77. The highest BCUT2D eigenvalue weighted by Crippen LogP contribution is 2.33. The van der Waals surface area contributed by atoms with Crippen molar-refractivity contribution in [1.29, 1.82) is 0 Å². The van der Waals surface area contributed by atoms with E-state index in [1.54, 1.807) is 19.6 Å². The molecule has 14 heteroatoms. The third kappa shape index (κ3) is 7.87. The summed E-state index contributed by atoms with van der Waals surface area (Å²) in [5.74, 6) is -1.15. The molecule has 0 aromatic heterocycles. The maximum atomic E-state index is 11.7. The van der Waals surface area contributed by atoms with Crippen LogP contribution in [0.3, 0.4) is 0 Å². The van der Waals surface area contributed by atoms with Gasteiger partial charge in [0, 0.05) is 6.07 Å². The van der Waals surface area contributed by atoms with Crippen molar-refractivity contribution in [2.24, 2.45) is 0 Å². The first-order valence-corrected chi connectivity index (χ1v) is 12.6. The fourth-order valence-electron chi connectivity index (χ4n) is 1.27. The Morgan fingerprint density at radius 3 is 2.00 bits per heavy atom. The number of hydrogen-bond donors (Lipinski definition) is 2. The Balaban J connectivity index is 3.09. The summed E-state index contributed by atoms with van der Waals surface area (Å²) < 4.78 is 80.6. The van der Waals surface area contributed by atoms with Crippen molar-refractivity contribution >= 4 is 41.4 Å². The van der Waals surface area contributed by atoms with E-state index < -0.39 is 47.2 Å². The molecule has 2 atom stereocenters. The van der Waals surface area contributed by atoms with Gasteiger partial charge in [-0.3, -0.25) is 13.0 Å². The molecule has 0 heterocycles. The zero-order chi connectivity index (χ0) is 17.8. The average molecular weight is 406 g/mol. The van der Waals surface area contributed by atoms with Gasteiger partial charge in [0.2, 0.25) is 8.32 Å². The van der Waals surface area contributed by atoms with Crippen LogP contribution in [0.1, 0.15) is 0 Å². The molecule has 2 unspecified atom stereocenters. The average Bonchev–Trinajstić information content (AvgIpc) is 2.27. The Morgan fingerprint density at radius 1 is 1.00 bits per heavy atom. The van der Waals surface area contributed by atoms with Gasteiger partial charge in [-0.2, -0.15) is 16.8 Å². The van der Waals surface area contributed by atoms with Crippen LogP contribution in [0.2, 0.25) is 19.6 Å². The minimum Gasteiger partial charge on any atom is -0.376 e. The van der Waals surface area contributed by atoms with Crippen molar-refractivity contribution in [3.8, 4) is 17.2 Å². The summed E-state index contributed by atoms with van der Waals surface area (Å²) in [6.07, 6.45) is 0. The molecule has 0 bridgehead atoms. The Hall–Kier alpha value is -1.03. The van der Waals surface area contributed by atoms with E-state index in [9.17, 15) is 16.8 Å². The van der Waals surface area contributed by atoms with Crippen molar-refractivity contribution in [3.05, 3.63) is 18.2 Å². The van der Waals surface area contributed by atoms with Crippen LogP contribution in [0.25, 0.3) is 0 Å². The topological polar surface area (TPSA) is 146 Å². The zero-order valence-electron chi connectivity index (χ0n) is 12.1. The zero-order valence-corrected chi connectivity index (χ0v) is 15.6. The van der Waals surface area contributed by atoms with Crippen molar-refractivity contribution < 1.29 is 42.4 Å². The second kappa shape index (κ2) is 7.69. The van der Waals surface area contributed by atoms with Crippen molar-refractivity contribution in [2.75, 3.05) is 0 Å². The molecule has 0 radical (unpaired) electrons. The van der Waals surface area contributed by atoms with Crippen molar-refractivity contribution in [3.63, 3.8) is 0 Å². The van der Waals surface area contributed by atoms with Gasteiger partial charge < -0.3 is 12.5 Å². The predicted molar refractivity (Wildman–Crippen MR) is 83.2 cm³/mol. The summed E-state index contributed by atoms with van der Waals surface area (Å²) in [5, 5.41) is 0. The quantitative estimate of drug-likeness (QED) is 0.477. The molecular weight excluding hydrogens is 392 g/mol. The van der Waals surface area contributed by atoms with E-state index in [1.807, 2.05) is 0 Å². The van der Waals surface area contributed by atoms with E-state index >= 15 is 0 Å². The molecule has 0 aliphatic rings. The molecule has 2 N–H and O–H groups in total. The smallest absolute Gasteiger partial charge is 0.376 e. The number of hydrogen-bond acceptors (Lipinski definition) is 8. The standard InChI is InChI=1S/C9H14O10S3Si/c1-23(2,3)19-22(14,15)18-7-4-5-8(16-20(10)11)9(6-7)17-21(12)13/h4-6H,1-3H3,(H,10,11)(H,12,13). The normalized spacial score (nSPS) is 14.8. The molecule has 0 aliphatic carbocycles. The van der Waals surface area contributed by atoms with Crippen LogP contribution in [-0.2, 0) is 37.0 Å². The summed E-state index contributed by atoms with van der Waals surface area (Å²) in [5.41, 5.74) is 0. The van der Waals surface area contributed by atoms with Gasteiger partial charge in [-0.25, -0.2) is 0 Å². The largest absolute Gasteiger partial charge is 0.438 e. The van der Waals surface area contributed by atoms with Gasteiger partial charge in [0.25, 0.3) is 0 Å². The first-order chi connectivity index (χ1) is 10.4. The highest BCUT2D eigenvalue weighted by molar-refractivity contribution is 7.83. The third-order valence-electron chi connectivity index (χ3n) is 1.79. The molecule has 1 aromatic carbocycles. The van der Waals surface area contributed by atoms with Gasteiger partial charge in [-0.1, -0.05) is 0 Å². The minimum absolute atomic E-state index is 0.306. The third-order valence-corrected chi connectivity index (χ3v) is 5.65. The Kier molecular flexibility index (Phi) is 6.69. The highest BCUT2D eigenvalue weighted by atomic mass is 32.3. The van der Waals surface area contributed by atoms with Gasteiger partial charge in [0.1, 0.15) is 5.75 Å². The van der Waals surface area contributed by atoms with E-state index in [2.05, 4.69) is 8.37 Å². The van der Waals surface area contributed by atoms with E-state index in [-0.39, 0.29) is 11.5 Å². The maximum absolute atomic E-state index is 11.7. The molecule has 132 valence electrons. The SMILES string of the molecule is C[Si](C)(C)OS(=O)(=O)Oc1ccc(OS(=O)O)c(OS(=O)O)c1. The van der Waals surface area contributed by atoms with Gasteiger partial charge in [-0.15, -0.1) is 0 Å². The molecule has 23 heavy (non-hydrogen) atoms. The summed E-state index contributed by atoms with van der Waals surface area (Å²) in [6, 6.07) is 3.00. The van der Waals surface area contributed by atoms with Gasteiger partial charge in [-0.05, 0) is 31.8 Å². The molecular formula is C9H14O10S3Si. The Morgan fingerprint density at radius 2 is 1.52 bits per heavy atom. The number of rotatable bonds is 8. The molecule has 0 aliphatic heterocycles. The second-order valence-electron chi connectivity index (χ2n) is 4.90. The van der Waals surface area contributed by atoms with Gasteiger partial charge in [0.15, 0.2) is 11.5 Å². The van der Waals surface area contributed by atoms with E-state index in [4.69, 9.17) is 17.2 Å². The van der Waals surface area contributed by atoms with Crippen molar-refractivity contribution in [2.45, 2.75) is 19.6 Å². The molecule has 0 spiro atoms. The molecule has 0 fully saturated rings. The lowest BCUT2D eigenvalue weighted by atomic mass is 10.3. The lowest BCUT2D eigenvalue weighted by Gasteiger charge is -2.16. The van der Waals surface area contributed by atoms with Crippen molar-refractivity contribution in [1.82, 2.24) is 0 Å². The first-order valence-electron chi connectivity index (χ1n) is 5.75. The Labute approximate surface area is 139 Å². The maximum Gasteiger partial charge on any atom is 0.438 e. The van der Waals surface area contributed by atoms with E-state index in [1.165, 1.54) is 0 Å². The second-order valence-corrected chi connectivity index (χ2v) is 12.0. The summed E-state index contributed by atoms with van der Waals surface area (Å²) in [6.45, 7) is 4.89. The summed E-state index contributed by atoms with van der Waals surface area (Å²) >= 11 is -5.50. The van der Waals surface area contributed by atoms with Crippen LogP contribution < -0.4 is 12.5 Å². The van der Waals surface area contributed by atoms with Crippen LogP contribution in [0.4, 0.5) is 0 Å². The predicted octanol–water partition coefficient (Wildman–Crippen LogP) is 1.19. The summed E-state index contributed by atoms with van der Waals surface area (Å²) in [4.78, 5) is 0. The lowest BCUT2D eigenvalue weighted by molar-refractivity contribution is 0.389. The van der Waals surface area contributed by atoms with E-state index in [0.29, 0.717) is 0 Å². The van der Waals surface area contributed by atoms with Crippen LogP contribution in [0.15, 0.2) is 18.2 Å². The van der Waals surface area contributed by atoms with Gasteiger partial charge in [0.05, 0.1) is 0 Å². The lowest BCUT2D eigenvalue weighted by Crippen LogP contribution is -2.31. The first kappa shape index (κ1) is 20.0. The molecule has 0 saturated heterocycles. The number of benzene rings is 1. The fraction of sp³-hybridized carbons (Fsp3) is 0.333. The van der Waals surface area contributed by atoms with Crippen LogP contribution in [-0.4, -0.2) is 34.3 Å². The molecule has 1 rings (SSSR count). The molecule has 10 nitrogen and oxygen atoms in total. The minimum atomic E-state index is -4.36. The molecule has 0 amide bonds. The monoisotopic (exact) mass is 406 g/mol. The van der Waals surface area contributed by atoms with Crippen LogP contribution in [0.5, 0.6) is 17.2 Å². The highest BCUT2D eigenvalue weighted by Gasteiger charge is 2.26. The van der Waals surface area contributed by atoms with Gasteiger partial charge >= 0.3 is 33.1 Å². The van der Waals surface area contributed by atoms with E-state index in [0.717, 1.165) is 18.2 Å². The van der Waals surface area contributed by atoms with Crippen LogP contribution in [0, 0.1) is 0 Å². The van der Waals surface area contributed by atoms with Crippen LogP contribution >= 0.6 is 0 Å². The Bertz CT molecular complexity index is 711. The molecule has 0 saturated carbocycles. The summed E-state index contributed by atoms with van der Waals surface area (Å²) in [7, 11) is -6.81.